The Morgan fingerprint density at radius 2 is 1.48 bits per heavy atom. The number of carbonyl (C=O) groups excluding carboxylic acids is 1. The zero-order chi connectivity index (χ0) is 20.9. The van der Waals surface area contributed by atoms with Crippen molar-refractivity contribution >= 4 is 39.6 Å². The molecule has 150 valence electrons. The van der Waals surface area contributed by atoms with Crippen molar-refractivity contribution in [2.45, 2.75) is 12.5 Å². The van der Waals surface area contributed by atoms with E-state index in [1.807, 2.05) is 30.3 Å². The first-order valence-corrected chi connectivity index (χ1v) is 11.1. The molecule has 0 spiro atoms. The molecule has 2 aliphatic rings. The Morgan fingerprint density at radius 3 is 2.19 bits per heavy atom. The fraction of sp³-hybridized carbons (Fsp3) is 0.0741. The summed E-state index contributed by atoms with van der Waals surface area (Å²) in [5.74, 6) is -0.0910. The summed E-state index contributed by atoms with van der Waals surface area (Å²) >= 11 is 1.62. The second kappa shape index (κ2) is 7.05. The minimum Gasteiger partial charge on any atom is -0.383 e. The number of rotatable bonds is 2. The molecular weight excluding hydrogens is 402 g/mol. The van der Waals surface area contributed by atoms with Crippen molar-refractivity contribution in [1.29, 1.82) is 0 Å². The summed E-state index contributed by atoms with van der Waals surface area (Å²) in [6, 6.07) is 28.4. The number of benzene rings is 3. The first-order chi connectivity index (χ1) is 15.2. The Balaban J connectivity index is 1.42. The van der Waals surface area contributed by atoms with E-state index in [-0.39, 0.29) is 5.78 Å². The maximum atomic E-state index is 12.8. The zero-order valence-electron chi connectivity index (χ0n) is 16.7. The molecule has 0 saturated carbocycles. The summed E-state index contributed by atoms with van der Waals surface area (Å²) in [5.41, 5.74) is 6.69. The van der Waals surface area contributed by atoms with Crippen molar-refractivity contribution in [3.63, 3.8) is 0 Å². The highest BCUT2D eigenvalue weighted by Crippen LogP contribution is 2.46. The molecule has 1 N–H and O–H groups in total. The highest BCUT2D eigenvalue weighted by Gasteiger charge is 2.33. The van der Waals surface area contributed by atoms with Crippen LogP contribution in [0.3, 0.4) is 0 Å². The predicted molar refractivity (Wildman–Crippen MR) is 126 cm³/mol. The van der Waals surface area contributed by atoms with Crippen LogP contribution in [0.2, 0.25) is 0 Å². The van der Waals surface area contributed by atoms with Crippen molar-refractivity contribution in [2.75, 3.05) is 4.90 Å². The van der Waals surface area contributed by atoms with Gasteiger partial charge in [-0.15, -0.1) is 11.3 Å². The molecule has 0 bridgehead atoms. The lowest BCUT2D eigenvalue weighted by Gasteiger charge is -2.32. The molecule has 1 aromatic heterocycles. The van der Waals surface area contributed by atoms with E-state index in [2.05, 4.69) is 59.5 Å². The van der Waals surface area contributed by atoms with Crippen LogP contribution >= 0.6 is 11.3 Å². The minimum absolute atomic E-state index is 0.0910. The summed E-state index contributed by atoms with van der Waals surface area (Å²) < 4.78 is 0. The van der Waals surface area contributed by atoms with Crippen LogP contribution in [-0.2, 0) is 6.42 Å². The van der Waals surface area contributed by atoms with Gasteiger partial charge in [0, 0.05) is 22.4 Å². The lowest BCUT2D eigenvalue weighted by molar-refractivity contribution is 0.102. The molecule has 3 nitrogen and oxygen atoms in total. The van der Waals surface area contributed by atoms with Gasteiger partial charge in [-0.2, -0.15) is 0 Å². The molecule has 0 saturated heterocycles. The third-order valence-corrected chi connectivity index (χ3v) is 7.05. The lowest BCUT2D eigenvalue weighted by atomic mass is 9.96. The number of hydrogen-bond acceptors (Lipinski definition) is 4. The van der Waals surface area contributed by atoms with Gasteiger partial charge in [0.15, 0.2) is 5.78 Å². The number of nitrogens with zero attached hydrogens (tertiary/aromatic N) is 1. The fourth-order valence-corrected chi connectivity index (χ4v) is 5.54. The summed E-state index contributed by atoms with van der Waals surface area (Å²) in [4.78, 5) is 16.1. The van der Waals surface area contributed by atoms with Crippen molar-refractivity contribution < 1.29 is 9.90 Å². The molecule has 2 heterocycles. The van der Waals surface area contributed by atoms with Gasteiger partial charge in [0.1, 0.15) is 11.1 Å². The van der Waals surface area contributed by atoms with E-state index in [9.17, 15) is 9.90 Å². The third-order valence-electron chi connectivity index (χ3n) is 6.03. The van der Waals surface area contributed by atoms with Gasteiger partial charge in [0.05, 0.1) is 11.4 Å². The Morgan fingerprint density at radius 1 is 0.839 bits per heavy atom. The molecule has 1 unspecified atom stereocenters. The van der Waals surface area contributed by atoms with Crippen molar-refractivity contribution in [3.05, 3.63) is 118 Å². The lowest BCUT2D eigenvalue weighted by Crippen LogP contribution is -2.17. The van der Waals surface area contributed by atoms with Crippen LogP contribution in [0.5, 0.6) is 0 Å². The number of thiophene rings is 1. The molecule has 31 heavy (non-hydrogen) atoms. The SMILES string of the molecule is O=C1/C(=C\c2ccc(N3c4ccccc4Cc4ccccc43)s2)C(O)c2ccccc21. The maximum Gasteiger partial charge on any atom is 0.192 e. The van der Waals surface area contributed by atoms with Gasteiger partial charge in [0.25, 0.3) is 0 Å². The van der Waals surface area contributed by atoms with E-state index in [0.29, 0.717) is 16.7 Å². The fourth-order valence-electron chi connectivity index (χ4n) is 4.56. The van der Waals surface area contributed by atoms with E-state index in [1.165, 1.54) is 22.5 Å². The number of anilines is 3. The van der Waals surface area contributed by atoms with Crippen LogP contribution in [0, 0.1) is 0 Å². The molecule has 0 radical (unpaired) electrons. The minimum atomic E-state index is -0.870. The van der Waals surface area contributed by atoms with E-state index in [1.54, 1.807) is 17.4 Å². The summed E-state index contributed by atoms with van der Waals surface area (Å²) in [6.45, 7) is 0. The Labute approximate surface area is 184 Å². The standard InChI is InChI=1S/C27H19NO2S/c29-26-20-9-3-4-10-21(20)27(30)22(26)16-19-13-14-25(31-19)28-23-11-5-1-7-17(23)15-18-8-2-6-12-24(18)28/h1-14,16,26,29H,15H2/b22-16-. The van der Waals surface area contributed by atoms with Gasteiger partial charge in [-0.3, -0.25) is 4.79 Å². The summed E-state index contributed by atoms with van der Waals surface area (Å²) in [6.07, 6.45) is 1.89. The molecule has 1 atom stereocenters. The van der Waals surface area contributed by atoms with Gasteiger partial charge in [-0.05, 0) is 47.0 Å². The largest absolute Gasteiger partial charge is 0.383 e. The quantitative estimate of drug-likeness (QED) is 0.334. The van der Waals surface area contributed by atoms with Crippen molar-refractivity contribution in [2.24, 2.45) is 0 Å². The number of fused-ring (bicyclic) bond motifs is 3. The number of carbonyl (C=O) groups is 1. The average molecular weight is 422 g/mol. The van der Waals surface area contributed by atoms with Crippen molar-refractivity contribution in [3.8, 4) is 0 Å². The average Bonchev–Trinajstić information content (AvgIpc) is 3.36. The number of para-hydroxylation sites is 2. The number of ketones is 1. The van der Waals surface area contributed by atoms with Gasteiger partial charge in [0.2, 0.25) is 0 Å². The van der Waals surface area contributed by atoms with Crippen LogP contribution in [0.1, 0.15) is 38.0 Å². The molecule has 6 rings (SSSR count). The molecular formula is C27H19NO2S. The first-order valence-electron chi connectivity index (χ1n) is 10.3. The molecule has 1 aliphatic heterocycles. The number of aliphatic hydroxyl groups excluding tert-OH is 1. The summed E-state index contributed by atoms with van der Waals surface area (Å²) in [7, 11) is 0. The molecule has 0 amide bonds. The second-order valence-corrected chi connectivity index (χ2v) is 8.96. The highest BCUT2D eigenvalue weighted by molar-refractivity contribution is 7.17. The molecule has 4 heteroatoms. The van der Waals surface area contributed by atoms with Crippen LogP contribution < -0.4 is 4.90 Å². The Hall–Kier alpha value is -3.47. The number of hydrogen-bond donors (Lipinski definition) is 1. The van der Waals surface area contributed by atoms with E-state index in [4.69, 9.17) is 0 Å². The summed E-state index contributed by atoms with van der Waals surface area (Å²) in [5, 5.41) is 11.8. The Bertz CT molecular complexity index is 1320. The molecule has 0 fully saturated rings. The molecule has 1 aliphatic carbocycles. The van der Waals surface area contributed by atoms with E-state index < -0.39 is 6.10 Å². The van der Waals surface area contributed by atoms with Crippen LogP contribution in [-0.4, -0.2) is 10.9 Å². The van der Waals surface area contributed by atoms with Gasteiger partial charge in [-0.25, -0.2) is 0 Å². The molecule has 3 aromatic carbocycles. The smallest absolute Gasteiger partial charge is 0.192 e. The monoisotopic (exact) mass is 421 g/mol. The third kappa shape index (κ3) is 2.87. The second-order valence-electron chi connectivity index (χ2n) is 7.86. The van der Waals surface area contributed by atoms with Gasteiger partial charge in [-0.1, -0.05) is 60.7 Å². The maximum absolute atomic E-state index is 12.8. The van der Waals surface area contributed by atoms with Crippen LogP contribution in [0.15, 0.2) is 90.5 Å². The normalized spacial score (nSPS) is 18.1. The Kier molecular flexibility index (Phi) is 4.16. The number of Topliss-reactive ketones (excluding diaryl/α,β-unsaturated/α-hetero) is 1. The van der Waals surface area contributed by atoms with Crippen LogP contribution in [0.25, 0.3) is 6.08 Å². The topological polar surface area (TPSA) is 40.5 Å². The molecule has 4 aromatic rings. The highest BCUT2D eigenvalue weighted by atomic mass is 32.1. The van der Waals surface area contributed by atoms with Crippen LogP contribution in [0.4, 0.5) is 16.4 Å². The van der Waals surface area contributed by atoms with E-state index in [0.717, 1.165) is 16.3 Å². The van der Waals surface area contributed by atoms with E-state index >= 15 is 0 Å². The van der Waals surface area contributed by atoms with Gasteiger partial charge >= 0.3 is 0 Å². The van der Waals surface area contributed by atoms with Crippen molar-refractivity contribution in [1.82, 2.24) is 0 Å². The number of aliphatic hydroxyl groups is 1. The zero-order valence-corrected chi connectivity index (χ0v) is 17.5. The van der Waals surface area contributed by atoms with Gasteiger partial charge < -0.3 is 10.0 Å². The first kappa shape index (κ1) is 18.3. The predicted octanol–water partition coefficient (Wildman–Crippen LogP) is 6.44.